The Hall–Kier alpha value is -1.04. The van der Waals surface area contributed by atoms with Gasteiger partial charge in [-0.1, -0.05) is 19.4 Å². The molecule has 18 heavy (non-hydrogen) atoms. The molecule has 1 aromatic rings. The first-order valence-corrected chi connectivity index (χ1v) is 6.96. The largest absolute Gasteiger partial charge is 0.492 e. The Morgan fingerprint density at radius 1 is 1.50 bits per heavy atom. The van der Waals surface area contributed by atoms with Crippen LogP contribution in [0.1, 0.15) is 32.3 Å². The number of carbonyl (C=O) groups is 1. The molecule has 3 nitrogen and oxygen atoms in total. The molecule has 0 radical (unpaired) electrons. The van der Waals surface area contributed by atoms with Crippen molar-refractivity contribution in [2.75, 3.05) is 6.61 Å². The second-order valence-corrected chi connectivity index (χ2v) is 5.17. The van der Waals surface area contributed by atoms with Crippen LogP contribution >= 0.6 is 22.6 Å². The molecule has 0 spiro atoms. The van der Waals surface area contributed by atoms with Gasteiger partial charge in [0, 0.05) is 6.08 Å². The van der Waals surface area contributed by atoms with Crippen molar-refractivity contribution < 1.29 is 14.6 Å². The molecule has 0 saturated carbocycles. The number of carboxylic acid groups (broad SMARTS) is 1. The van der Waals surface area contributed by atoms with E-state index in [4.69, 9.17) is 9.84 Å². The fourth-order valence-electron chi connectivity index (χ4n) is 1.45. The lowest BCUT2D eigenvalue weighted by Crippen LogP contribution is -1.99. The topological polar surface area (TPSA) is 46.5 Å². The molecular weight excluding hydrogens is 343 g/mol. The highest BCUT2D eigenvalue weighted by molar-refractivity contribution is 14.1. The van der Waals surface area contributed by atoms with E-state index in [1.54, 1.807) is 6.92 Å². The molecule has 98 valence electrons. The number of benzene rings is 1. The van der Waals surface area contributed by atoms with Crippen LogP contribution in [0, 0.1) is 3.57 Å². The van der Waals surface area contributed by atoms with Crippen LogP contribution in [0.15, 0.2) is 24.3 Å². The molecule has 1 rings (SSSR count). The van der Waals surface area contributed by atoms with Crippen molar-refractivity contribution in [3.8, 4) is 5.75 Å². The van der Waals surface area contributed by atoms with Gasteiger partial charge in [0.05, 0.1) is 10.2 Å². The lowest BCUT2D eigenvalue weighted by atomic mass is 10.1. The summed E-state index contributed by atoms with van der Waals surface area (Å²) in [6, 6.07) is 5.74. The predicted octanol–water partition coefficient (Wildman–Crippen LogP) is 3.96. The summed E-state index contributed by atoms with van der Waals surface area (Å²) in [6.07, 6.45) is 3.32. The number of hydrogen-bond acceptors (Lipinski definition) is 2. The van der Waals surface area contributed by atoms with Crippen molar-refractivity contribution in [1.82, 2.24) is 0 Å². The van der Waals surface area contributed by atoms with Crippen LogP contribution in [0.25, 0.3) is 5.57 Å². The Balaban J connectivity index is 2.89. The third-order valence-corrected chi connectivity index (χ3v) is 3.37. The first kappa shape index (κ1) is 15.0. The fourth-order valence-corrected chi connectivity index (χ4v) is 1.95. The fraction of sp³-hybridized carbons (Fsp3) is 0.357. The van der Waals surface area contributed by atoms with Crippen LogP contribution in [-0.4, -0.2) is 17.7 Å². The van der Waals surface area contributed by atoms with Crippen LogP contribution in [0.3, 0.4) is 0 Å². The Morgan fingerprint density at radius 2 is 2.22 bits per heavy atom. The summed E-state index contributed by atoms with van der Waals surface area (Å²) in [5.74, 6) is -0.112. The average Bonchev–Trinajstić information content (AvgIpc) is 2.30. The van der Waals surface area contributed by atoms with Crippen molar-refractivity contribution >= 4 is 34.1 Å². The maximum absolute atomic E-state index is 10.6. The molecule has 0 heterocycles. The number of hydrogen-bond donors (Lipinski definition) is 1. The van der Waals surface area contributed by atoms with E-state index in [0.717, 1.165) is 33.3 Å². The molecule has 0 aliphatic carbocycles. The first-order chi connectivity index (χ1) is 8.54. The van der Waals surface area contributed by atoms with Crippen molar-refractivity contribution in [2.45, 2.75) is 26.7 Å². The summed E-state index contributed by atoms with van der Waals surface area (Å²) in [4.78, 5) is 10.6. The minimum Gasteiger partial charge on any atom is -0.492 e. The number of unbranched alkanes of at least 4 members (excludes halogenated alkanes) is 1. The highest BCUT2D eigenvalue weighted by Gasteiger charge is 2.05. The summed E-state index contributed by atoms with van der Waals surface area (Å²) in [5.41, 5.74) is 1.60. The van der Waals surface area contributed by atoms with Gasteiger partial charge in [-0.15, -0.1) is 0 Å². The van der Waals surface area contributed by atoms with E-state index in [1.165, 1.54) is 6.08 Å². The van der Waals surface area contributed by atoms with Gasteiger partial charge < -0.3 is 9.84 Å². The predicted molar refractivity (Wildman–Crippen MR) is 80.8 cm³/mol. The second kappa shape index (κ2) is 7.41. The van der Waals surface area contributed by atoms with Crippen molar-refractivity contribution in [3.63, 3.8) is 0 Å². The van der Waals surface area contributed by atoms with Gasteiger partial charge in [-0.2, -0.15) is 0 Å². The lowest BCUT2D eigenvalue weighted by molar-refractivity contribution is -0.131. The van der Waals surface area contributed by atoms with E-state index < -0.39 is 5.97 Å². The average molecular weight is 360 g/mol. The summed E-state index contributed by atoms with van der Waals surface area (Å²) < 4.78 is 6.73. The van der Waals surface area contributed by atoms with Crippen LogP contribution in [0.4, 0.5) is 0 Å². The van der Waals surface area contributed by atoms with Gasteiger partial charge in [-0.05, 0) is 59.2 Å². The third kappa shape index (κ3) is 4.68. The molecule has 0 atom stereocenters. The standard InChI is InChI=1S/C14H17IO3/c1-3-4-7-18-13-9-11(5-6-12(13)15)10(2)8-14(16)17/h5-6,8-9H,3-4,7H2,1-2H3,(H,16,17)/b10-8+. The van der Waals surface area contributed by atoms with E-state index in [9.17, 15) is 4.79 Å². The Morgan fingerprint density at radius 3 is 2.83 bits per heavy atom. The van der Waals surface area contributed by atoms with Crippen molar-refractivity contribution in [2.24, 2.45) is 0 Å². The lowest BCUT2D eigenvalue weighted by Gasteiger charge is -2.10. The van der Waals surface area contributed by atoms with E-state index in [-0.39, 0.29) is 0 Å². The molecule has 0 aromatic heterocycles. The van der Waals surface area contributed by atoms with Crippen LogP contribution in [0.5, 0.6) is 5.75 Å². The highest BCUT2D eigenvalue weighted by Crippen LogP contribution is 2.26. The van der Waals surface area contributed by atoms with Gasteiger partial charge in [-0.3, -0.25) is 0 Å². The van der Waals surface area contributed by atoms with E-state index >= 15 is 0 Å². The molecule has 0 amide bonds. The van der Waals surface area contributed by atoms with Crippen LogP contribution < -0.4 is 4.74 Å². The number of ether oxygens (including phenoxy) is 1. The maximum atomic E-state index is 10.6. The van der Waals surface area contributed by atoms with Gasteiger partial charge in [0.25, 0.3) is 0 Å². The van der Waals surface area contributed by atoms with E-state index in [1.807, 2.05) is 18.2 Å². The van der Waals surface area contributed by atoms with E-state index in [2.05, 4.69) is 29.5 Å². The molecule has 0 unspecified atom stereocenters. The van der Waals surface area contributed by atoms with Crippen molar-refractivity contribution in [1.29, 1.82) is 0 Å². The summed E-state index contributed by atoms with van der Waals surface area (Å²) in [7, 11) is 0. The highest BCUT2D eigenvalue weighted by atomic mass is 127. The molecule has 4 heteroatoms. The number of allylic oxidation sites excluding steroid dienone is 1. The molecule has 0 aliphatic rings. The molecular formula is C14H17IO3. The third-order valence-electron chi connectivity index (χ3n) is 2.48. The van der Waals surface area contributed by atoms with Gasteiger partial charge in [0.1, 0.15) is 5.75 Å². The summed E-state index contributed by atoms with van der Waals surface area (Å²) >= 11 is 2.22. The molecule has 1 N–H and O–H groups in total. The molecule has 0 fully saturated rings. The maximum Gasteiger partial charge on any atom is 0.328 e. The molecule has 0 bridgehead atoms. The first-order valence-electron chi connectivity index (χ1n) is 5.88. The smallest absolute Gasteiger partial charge is 0.328 e. The molecule has 1 aromatic carbocycles. The van der Waals surface area contributed by atoms with Crippen molar-refractivity contribution in [3.05, 3.63) is 33.4 Å². The zero-order valence-corrected chi connectivity index (χ0v) is 12.7. The van der Waals surface area contributed by atoms with Gasteiger partial charge in [0.15, 0.2) is 0 Å². The van der Waals surface area contributed by atoms with Gasteiger partial charge >= 0.3 is 5.97 Å². The number of carboxylic acids is 1. The summed E-state index contributed by atoms with van der Waals surface area (Å²) in [6.45, 7) is 4.59. The number of halogens is 1. The zero-order chi connectivity index (χ0) is 13.5. The monoisotopic (exact) mass is 360 g/mol. The minimum absolute atomic E-state index is 0.692. The van der Waals surface area contributed by atoms with Crippen LogP contribution in [-0.2, 0) is 4.79 Å². The zero-order valence-electron chi connectivity index (χ0n) is 10.6. The van der Waals surface area contributed by atoms with Crippen LogP contribution in [0.2, 0.25) is 0 Å². The Kier molecular flexibility index (Phi) is 6.18. The Labute approximate surface area is 121 Å². The number of rotatable bonds is 6. The molecule has 0 saturated heterocycles. The van der Waals surface area contributed by atoms with E-state index in [0.29, 0.717) is 6.61 Å². The summed E-state index contributed by atoms with van der Waals surface area (Å²) in [5, 5.41) is 8.73. The SMILES string of the molecule is CCCCOc1cc(/C(C)=C/C(=O)O)ccc1I. The Bertz CT molecular complexity index is 452. The van der Waals surface area contributed by atoms with Gasteiger partial charge in [0.2, 0.25) is 0 Å². The second-order valence-electron chi connectivity index (χ2n) is 4.01. The minimum atomic E-state index is -0.931. The molecule has 0 aliphatic heterocycles. The normalized spacial score (nSPS) is 11.4. The quantitative estimate of drug-likeness (QED) is 0.475. The van der Waals surface area contributed by atoms with Gasteiger partial charge in [-0.25, -0.2) is 4.79 Å². The number of aliphatic carboxylic acids is 1.